The minimum atomic E-state index is -4.08. The van der Waals surface area contributed by atoms with Crippen molar-refractivity contribution in [2.45, 2.75) is 62.3 Å². The van der Waals surface area contributed by atoms with E-state index in [4.69, 9.17) is 11.6 Å². The lowest BCUT2D eigenvalue weighted by atomic mass is 9.90. The Kier molecular flexibility index (Phi) is 5.87. The maximum absolute atomic E-state index is 12.5. The van der Waals surface area contributed by atoms with Crippen LogP contribution in [0.25, 0.3) is 0 Å². The van der Waals surface area contributed by atoms with Gasteiger partial charge in [-0.1, -0.05) is 32.4 Å². The SMILES string of the molecule is CCc1cc(Cl)cc(C(C)C)c1CC(=O)NS(=O)(=O)c1ncc(C2(O)CC2)s1. The minimum Gasteiger partial charge on any atom is -0.384 e. The van der Waals surface area contributed by atoms with Crippen molar-refractivity contribution in [3.8, 4) is 0 Å². The molecule has 9 heteroatoms. The normalized spacial score (nSPS) is 15.6. The number of hydrogen-bond acceptors (Lipinski definition) is 6. The van der Waals surface area contributed by atoms with Crippen molar-refractivity contribution in [1.29, 1.82) is 0 Å². The van der Waals surface area contributed by atoms with Crippen LogP contribution in [-0.2, 0) is 33.3 Å². The van der Waals surface area contributed by atoms with Crippen LogP contribution in [0.4, 0.5) is 0 Å². The van der Waals surface area contributed by atoms with Crippen molar-refractivity contribution in [1.82, 2.24) is 9.71 Å². The summed E-state index contributed by atoms with van der Waals surface area (Å²) >= 11 is 7.08. The molecule has 0 radical (unpaired) electrons. The van der Waals surface area contributed by atoms with Gasteiger partial charge in [0.1, 0.15) is 5.60 Å². The molecule has 152 valence electrons. The number of carbonyl (C=O) groups excluding carboxylic acids is 1. The van der Waals surface area contributed by atoms with Crippen LogP contribution in [0.3, 0.4) is 0 Å². The molecule has 0 atom stereocenters. The second-order valence-corrected chi connectivity index (χ2v) is 10.7. The molecule has 0 unspecified atom stereocenters. The molecular formula is C19H23ClN2O4S2. The first-order valence-corrected chi connectivity index (χ1v) is 11.8. The highest BCUT2D eigenvalue weighted by Gasteiger charge is 2.44. The first-order chi connectivity index (χ1) is 13.1. The number of carbonyl (C=O) groups is 1. The van der Waals surface area contributed by atoms with Crippen LogP contribution >= 0.6 is 22.9 Å². The summed E-state index contributed by atoms with van der Waals surface area (Å²) in [6.07, 6.45) is 3.17. The van der Waals surface area contributed by atoms with Crippen molar-refractivity contribution >= 4 is 38.9 Å². The molecule has 1 saturated carbocycles. The fraction of sp³-hybridized carbons (Fsp3) is 0.474. The minimum absolute atomic E-state index is 0.0603. The number of hydrogen-bond donors (Lipinski definition) is 2. The summed E-state index contributed by atoms with van der Waals surface area (Å²) in [6, 6.07) is 3.64. The van der Waals surface area contributed by atoms with Crippen molar-refractivity contribution in [2.24, 2.45) is 0 Å². The molecular weight excluding hydrogens is 420 g/mol. The summed E-state index contributed by atoms with van der Waals surface area (Å²) in [6.45, 7) is 5.97. The molecule has 2 aromatic rings. The van der Waals surface area contributed by atoms with Crippen LogP contribution in [0.2, 0.25) is 5.02 Å². The zero-order valence-electron chi connectivity index (χ0n) is 16.0. The highest BCUT2D eigenvalue weighted by molar-refractivity contribution is 7.92. The number of rotatable bonds is 7. The average Bonchev–Trinajstić information content (AvgIpc) is 3.15. The van der Waals surface area contributed by atoms with Gasteiger partial charge in [-0.15, -0.1) is 11.3 Å². The van der Waals surface area contributed by atoms with Gasteiger partial charge in [0.05, 0.1) is 11.3 Å². The van der Waals surface area contributed by atoms with Gasteiger partial charge in [0.15, 0.2) is 0 Å². The van der Waals surface area contributed by atoms with Gasteiger partial charge in [-0.05, 0) is 54.0 Å². The van der Waals surface area contributed by atoms with Crippen molar-refractivity contribution in [3.05, 3.63) is 44.9 Å². The van der Waals surface area contributed by atoms with E-state index in [0.717, 1.165) is 28.0 Å². The second-order valence-electron chi connectivity index (χ2n) is 7.37. The Morgan fingerprint density at radius 3 is 2.64 bits per heavy atom. The van der Waals surface area contributed by atoms with Crippen LogP contribution in [0, 0.1) is 0 Å². The van der Waals surface area contributed by atoms with Gasteiger partial charge in [0.25, 0.3) is 10.0 Å². The van der Waals surface area contributed by atoms with Crippen LogP contribution in [0.15, 0.2) is 22.7 Å². The van der Waals surface area contributed by atoms with E-state index < -0.39 is 21.5 Å². The van der Waals surface area contributed by atoms with Gasteiger partial charge < -0.3 is 5.11 Å². The number of nitrogens with zero attached hydrogens (tertiary/aromatic N) is 1. The Balaban J connectivity index is 1.81. The second kappa shape index (κ2) is 7.74. The number of amides is 1. The first-order valence-electron chi connectivity index (χ1n) is 9.11. The molecule has 2 N–H and O–H groups in total. The number of nitrogens with one attached hydrogen (secondary N) is 1. The third kappa shape index (κ3) is 4.40. The van der Waals surface area contributed by atoms with Crippen molar-refractivity contribution < 1.29 is 18.3 Å². The van der Waals surface area contributed by atoms with E-state index in [1.165, 1.54) is 6.20 Å². The summed E-state index contributed by atoms with van der Waals surface area (Å²) in [5, 5.41) is 10.7. The predicted molar refractivity (Wildman–Crippen MR) is 109 cm³/mol. The van der Waals surface area contributed by atoms with Gasteiger partial charge in [-0.25, -0.2) is 9.71 Å². The Morgan fingerprint density at radius 1 is 1.39 bits per heavy atom. The molecule has 6 nitrogen and oxygen atoms in total. The molecule has 1 fully saturated rings. The Hall–Kier alpha value is -1.48. The lowest BCUT2D eigenvalue weighted by Crippen LogP contribution is -2.32. The zero-order valence-corrected chi connectivity index (χ0v) is 18.3. The molecule has 3 rings (SSSR count). The third-order valence-corrected chi connectivity index (χ3v) is 8.00. The number of aromatic nitrogens is 1. The Morgan fingerprint density at radius 2 is 2.07 bits per heavy atom. The molecule has 0 bridgehead atoms. The topological polar surface area (TPSA) is 96.4 Å². The highest BCUT2D eigenvalue weighted by Crippen LogP contribution is 2.47. The van der Waals surface area contributed by atoms with Crippen LogP contribution in [-0.4, -0.2) is 24.4 Å². The number of aliphatic hydroxyl groups is 1. The monoisotopic (exact) mass is 442 g/mol. The van der Waals surface area contributed by atoms with E-state index in [9.17, 15) is 18.3 Å². The van der Waals surface area contributed by atoms with E-state index in [1.54, 1.807) is 0 Å². The van der Waals surface area contributed by atoms with Crippen LogP contribution < -0.4 is 4.72 Å². The molecule has 0 saturated heterocycles. The van der Waals surface area contributed by atoms with Crippen molar-refractivity contribution in [3.63, 3.8) is 0 Å². The van der Waals surface area contributed by atoms with Gasteiger partial charge >= 0.3 is 0 Å². The van der Waals surface area contributed by atoms with E-state index in [2.05, 4.69) is 9.71 Å². The zero-order chi connectivity index (χ0) is 20.7. The molecule has 0 spiro atoms. The third-order valence-electron chi connectivity index (χ3n) is 4.83. The number of aryl methyl sites for hydroxylation is 1. The van der Waals surface area contributed by atoms with E-state index >= 15 is 0 Å². The number of benzene rings is 1. The maximum atomic E-state index is 12.5. The predicted octanol–water partition coefficient (Wildman–Crippen LogP) is 3.51. The summed E-state index contributed by atoms with van der Waals surface area (Å²) in [5.41, 5.74) is 1.71. The van der Waals surface area contributed by atoms with E-state index in [0.29, 0.717) is 29.2 Å². The van der Waals surface area contributed by atoms with Gasteiger partial charge in [-0.2, -0.15) is 8.42 Å². The maximum Gasteiger partial charge on any atom is 0.291 e. The van der Waals surface area contributed by atoms with Gasteiger partial charge in [0, 0.05) is 11.2 Å². The lowest BCUT2D eigenvalue weighted by Gasteiger charge is -2.17. The molecule has 1 heterocycles. The lowest BCUT2D eigenvalue weighted by molar-refractivity contribution is -0.118. The quantitative estimate of drug-likeness (QED) is 0.683. The van der Waals surface area contributed by atoms with Gasteiger partial charge in [-0.3, -0.25) is 4.79 Å². The smallest absolute Gasteiger partial charge is 0.291 e. The van der Waals surface area contributed by atoms with E-state index in [-0.39, 0.29) is 16.7 Å². The number of thiazole rings is 1. The number of halogens is 1. The molecule has 1 aliphatic carbocycles. The Labute approximate surface area is 174 Å². The Bertz CT molecular complexity index is 1010. The molecule has 28 heavy (non-hydrogen) atoms. The van der Waals surface area contributed by atoms with Crippen molar-refractivity contribution in [2.75, 3.05) is 0 Å². The average molecular weight is 443 g/mol. The van der Waals surface area contributed by atoms with Gasteiger partial charge in [0.2, 0.25) is 10.2 Å². The van der Waals surface area contributed by atoms with Crippen LogP contribution in [0.1, 0.15) is 61.1 Å². The molecule has 1 aromatic heterocycles. The molecule has 1 aromatic carbocycles. The molecule has 1 amide bonds. The molecule has 0 aliphatic heterocycles. The van der Waals surface area contributed by atoms with Crippen LogP contribution in [0.5, 0.6) is 0 Å². The summed E-state index contributed by atoms with van der Waals surface area (Å²) in [7, 11) is -4.08. The summed E-state index contributed by atoms with van der Waals surface area (Å²) < 4.78 is 27.0. The largest absolute Gasteiger partial charge is 0.384 e. The highest BCUT2D eigenvalue weighted by atomic mass is 35.5. The summed E-state index contributed by atoms with van der Waals surface area (Å²) in [4.78, 5) is 16.9. The number of sulfonamides is 1. The standard InChI is InChI=1S/C19H23ClN2O4S2/c1-4-12-7-13(20)8-14(11(2)3)15(12)9-17(23)22-28(25,26)18-21-10-16(27-18)19(24)5-6-19/h7-8,10-11,24H,4-6,9H2,1-3H3,(H,22,23). The summed E-state index contributed by atoms with van der Waals surface area (Å²) in [5.74, 6) is -0.481. The fourth-order valence-corrected chi connectivity index (χ4v) is 5.64. The molecule has 1 aliphatic rings. The first kappa shape index (κ1) is 21.2. The van der Waals surface area contributed by atoms with E-state index in [1.807, 2.05) is 32.9 Å². The fourth-order valence-electron chi connectivity index (χ4n) is 3.11.